The average molecular weight is 381 g/mol. The van der Waals surface area contributed by atoms with Crippen LogP contribution in [0.5, 0.6) is 0 Å². The first kappa shape index (κ1) is 20.5. The fourth-order valence-electron chi connectivity index (χ4n) is 7.08. The van der Waals surface area contributed by atoms with Crippen molar-refractivity contribution in [2.24, 2.45) is 29.6 Å². The number of aryl methyl sites for hydroxylation is 2. The maximum atomic E-state index is 2.53. The maximum Gasteiger partial charge on any atom is -0.0245 e. The number of rotatable bonds is 7. The van der Waals surface area contributed by atoms with E-state index in [0.29, 0.717) is 0 Å². The highest BCUT2D eigenvalue weighted by Crippen LogP contribution is 2.49. The normalized spacial score (nSPS) is 32.6. The molecule has 0 heteroatoms. The van der Waals surface area contributed by atoms with Crippen LogP contribution in [-0.4, -0.2) is 0 Å². The fourth-order valence-corrected chi connectivity index (χ4v) is 7.08. The van der Waals surface area contributed by atoms with Gasteiger partial charge in [-0.15, -0.1) is 0 Å². The summed E-state index contributed by atoms with van der Waals surface area (Å²) in [7, 11) is 0. The highest BCUT2D eigenvalue weighted by atomic mass is 14.4. The first-order valence-corrected chi connectivity index (χ1v) is 12.9. The molecule has 0 spiro atoms. The van der Waals surface area contributed by atoms with Crippen molar-refractivity contribution < 1.29 is 0 Å². The quantitative estimate of drug-likeness (QED) is 0.418. The molecular weight excluding hydrogens is 336 g/mol. The lowest BCUT2D eigenvalue weighted by Gasteiger charge is -2.45. The topological polar surface area (TPSA) is 0 Å². The largest absolute Gasteiger partial charge is 0.0654 e. The Balaban J connectivity index is 1.29. The van der Waals surface area contributed by atoms with E-state index in [1.54, 1.807) is 48.8 Å². The van der Waals surface area contributed by atoms with Crippen molar-refractivity contribution in [2.75, 3.05) is 0 Å². The van der Waals surface area contributed by atoms with Gasteiger partial charge in [0, 0.05) is 0 Å². The fraction of sp³-hybridized carbons (Fsp3) is 0.786. The molecule has 0 aromatic heterocycles. The Morgan fingerprint density at radius 1 is 0.750 bits per heavy atom. The lowest BCUT2D eigenvalue weighted by molar-refractivity contribution is 0.0690. The molecule has 2 saturated carbocycles. The molecule has 5 atom stereocenters. The highest BCUT2D eigenvalue weighted by molar-refractivity contribution is 5.34. The zero-order valence-electron chi connectivity index (χ0n) is 18.7. The molecule has 2 fully saturated rings. The Labute approximate surface area is 174 Å². The molecule has 0 nitrogen and oxygen atoms in total. The van der Waals surface area contributed by atoms with Gasteiger partial charge in [0.1, 0.15) is 0 Å². The van der Waals surface area contributed by atoms with Crippen molar-refractivity contribution in [2.45, 2.75) is 110 Å². The molecule has 0 radical (unpaired) electrons. The van der Waals surface area contributed by atoms with Crippen molar-refractivity contribution in [3.8, 4) is 0 Å². The molecule has 0 N–H and O–H groups in total. The van der Waals surface area contributed by atoms with E-state index in [-0.39, 0.29) is 0 Å². The molecule has 4 rings (SSSR count). The van der Waals surface area contributed by atoms with Crippen molar-refractivity contribution >= 4 is 0 Å². The summed E-state index contributed by atoms with van der Waals surface area (Å²) in [6, 6.07) is 7.44. The molecule has 0 amide bonds. The van der Waals surface area contributed by atoms with Crippen LogP contribution < -0.4 is 0 Å². The van der Waals surface area contributed by atoms with E-state index in [2.05, 4.69) is 32.0 Å². The van der Waals surface area contributed by atoms with Crippen LogP contribution in [0.25, 0.3) is 0 Å². The van der Waals surface area contributed by atoms with Crippen molar-refractivity contribution in [1.29, 1.82) is 0 Å². The number of benzene rings is 1. The number of hydrogen-bond acceptors (Lipinski definition) is 0. The van der Waals surface area contributed by atoms with Gasteiger partial charge in [0.05, 0.1) is 0 Å². The second-order valence-corrected chi connectivity index (χ2v) is 10.6. The van der Waals surface area contributed by atoms with Crippen molar-refractivity contribution in [3.05, 3.63) is 34.9 Å². The van der Waals surface area contributed by atoms with E-state index in [0.717, 1.165) is 29.6 Å². The summed E-state index contributed by atoms with van der Waals surface area (Å²) in [4.78, 5) is 0. The molecule has 0 heterocycles. The van der Waals surface area contributed by atoms with Crippen molar-refractivity contribution in [1.82, 2.24) is 0 Å². The van der Waals surface area contributed by atoms with Crippen LogP contribution in [-0.2, 0) is 19.3 Å². The van der Waals surface area contributed by atoms with Gasteiger partial charge in [-0.3, -0.25) is 0 Å². The Hall–Kier alpha value is -0.780. The number of unbranched alkanes of at least 4 members (excludes halogenated alkanes) is 2. The molecule has 3 aliphatic carbocycles. The first-order chi connectivity index (χ1) is 13.8. The zero-order valence-corrected chi connectivity index (χ0v) is 18.7. The summed E-state index contributed by atoms with van der Waals surface area (Å²) in [5.41, 5.74) is 4.94. The third kappa shape index (κ3) is 4.85. The third-order valence-electron chi connectivity index (χ3n) is 8.72. The molecule has 156 valence electrons. The Bertz CT molecular complexity index is 614. The molecular formula is C28H44. The molecule has 28 heavy (non-hydrogen) atoms. The second kappa shape index (κ2) is 9.82. The number of hydrogen-bond donors (Lipinski definition) is 0. The summed E-state index contributed by atoms with van der Waals surface area (Å²) in [5.74, 6) is 5.25. The van der Waals surface area contributed by atoms with Crippen LogP contribution in [0.15, 0.2) is 18.2 Å². The molecule has 3 unspecified atom stereocenters. The van der Waals surface area contributed by atoms with Crippen LogP contribution in [0.4, 0.5) is 0 Å². The van der Waals surface area contributed by atoms with Gasteiger partial charge >= 0.3 is 0 Å². The maximum absolute atomic E-state index is 2.53. The second-order valence-electron chi connectivity index (χ2n) is 10.6. The van der Waals surface area contributed by atoms with Crippen LogP contribution in [0.3, 0.4) is 0 Å². The van der Waals surface area contributed by atoms with E-state index in [4.69, 9.17) is 0 Å². The minimum atomic E-state index is 0.979. The van der Waals surface area contributed by atoms with E-state index >= 15 is 0 Å². The summed E-state index contributed by atoms with van der Waals surface area (Å²) in [5, 5.41) is 0. The van der Waals surface area contributed by atoms with E-state index in [1.807, 2.05) is 0 Å². The minimum Gasteiger partial charge on any atom is -0.0654 e. The molecule has 0 aliphatic heterocycles. The number of fused-ring (bicyclic) bond motifs is 2. The average Bonchev–Trinajstić information content (AvgIpc) is 2.73. The first-order valence-electron chi connectivity index (χ1n) is 12.9. The summed E-state index contributed by atoms with van der Waals surface area (Å²) in [6.07, 6.45) is 21.9. The smallest absolute Gasteiger partial charge is 0.0245 e. The van der Waals surface area contributed by atoms with Crippen LogP contribution in [0, 0.1) is 29.6 Å². The van der Waals surface area contributed by atoms with Gasteiger partial charge in [0.25, 0.3) is 0 Å². The van der Waals surface area contributed by atoms with E-state index in [1.165, 1.54) is 64.2 Å². The third-order valence-corrected chi connectivity index (χ3v) is 8.72. The van der Waals surface area contributed by atoms with Gasteiger partial charge in [-0.05, 0) is 104 Å². The standard InChI is InChI=1S/C28H44/c1-3-5-6-8-22-10-12-26-20-28(16-14-24(26)18-22)27-15-13-23-17-21(7-4-2)9-11-25(23)19-27/h9,11,17,22,24,26-28H,3-8,10,12-16,18-20H2,1-2H3/t22-,24?,26-,27?,28?/m1/s1. The van der Waals surface area contributed by atoms with Crippen molar-refractivity contribution in [3.63, 3.8) is 0 Å². The predicted octanol–water partition coefficient (Wildman–Crippen LogP) is 8.16. The summed E-state index contributed by atoms with van der Waals surface area (Å²) < 4.78 is 0. The van der Waals surface area contributed by atoms with E-state index < -0.39 is 0 Å². The predicted molar refractivity (Wildman–Crippen MR) is 122 cm³/mol. The van der Waals surface area contributed by atoms with Gasteiger partial charge in [0.2, 0.25) is 0 Å². The molecule has 0 bridgehead atoms. The van der Waals surface area contributed by atoms with Gasteiger partial charge < -0.3 is 0 Å². The monoisotopic (exact) mass is 380 g/mol. The summed E-state index contributed by atoms with van der Waals surface area (Å²) >= 11 is 0. The van der Waals surface area contributed by atoms with Gasteiger partial charge in [-0.1, -0.05) is 70.6 Å². The molecule has 0 saturated heterocycles. The highest BCUT2D eigenvalue weighted by Gasteiger charge is 2.38. The lowest BCUT2D eigenvalue weighted by Crippen LogP contribution is -2.35. The zero-order chi connectivity index (χ0) is 19.3. The Kier molecular flexibility index (Phi) is 7.18. The SMILES string of the molecule is CCCCC[C@@H]1CC[C@@H]2CC(C3CCc4cc(CCC)ccc4C3)CCC2C1. The lowest BCUT2D eigenvalue weighted by atomic mass is 9.61. The van der Waals surface area contributed by atoms with Gasteiger partial charge in [-0.25, -0.2) is 0 Å². The molecule has 1 aromatic carbocycles. The van der Waals surface area contributed by atoms with Gasteiger partial charge in [0.15, 0.2) is 0 Å². The summed E-state index contributed by atoms with van der Waals surface area (Å²) in [6.45, 7) is 4.64. The minimum absolute atomic E-state index is 0.979. The van der Waals surface area contributed by atoms with Crippen LogP contribution in [0.1, 0.15) is 108 Å². The van der Waals surface area contributed by atoms with Crippen LogP contribution in [0.2, 0.25) is 0 Å². The van der Waals surface area contributed by atoms with E-state index in [9.17, 15) is 0 Å². The Morgan fingerprint density at radius 3 is 2.36 bits per heavy atom. The van der Waals surface area contributed by atoms with Gasteiger partial charge in [-0.2, -0.15) is 0 Å². The Morgan fingerprint density at radius 2 is 1.54 bits per heavy atom. The molecule has 3 aliphatic rings. The molecule has 1 aromatic rings. The van der Waals surface area contributed by atoms with Crippen LogP contribution >= 0.6 is 0 Å².